The molecule has 0 fully saturated rings. The van der Waals surface area contributed by atoms with Gasteiger partial charge in [-0.15, -0.1) is 0 Å². The van der Waals surface area contributed by atoms with Gasteiger partial charge in [-0.1, -0.05) is 13.8 Å². The van der Waals surface area contributed by atoms with E-state index in [1.54, 1.807) is 12.5 Å². The van der Waals surface area contributed by atoms with Crippen molar-refractivity contribution < 1.29 is 4.79 Å². The molecule has 1 unspecified atom stereocenters. The van der Waals surface area contributed by atoms with Gasteiger partial charge in [0.1, 0.15) is 6.04 Å². The summed E-state index contributed by atoms with van der Waals surface area (Å²) in [6, 6.07) is -0.407. The van der Waals surface area contributed by atoms with Crippen molar-refractivity contribution in [2.45, 2.75) is 39.8 Å². The van der Waals surface area contributed by atoms with Crippen LogP contribution in [-0.4, -0.2) is 22.0 Å². The summed E-state index contributed by atoms with van der Waals surface area (Å²) in [6.07, 6.45) is 3.36. The van der Waals surface area contributed by atoms with E-state index in [1.165, 1.54) is 0 Å². The molecule has 0 aliphatic heterocycles. The molecule has 1 aromatic rings. The van der Waals surface area contributed by atoms with Crippen molar-refractivity contribution in [3.05, 3.63) is 18.2 Å². The Morgan fingerprint density at radius 3 is 2.65 bits per heavy atom. The number of nitrogens with two attached hydrogens (primary N) is 1. The van der Waals surface area contributed by atoms with Gasteiger partial charge in [0.25, 0.3) is 0 Å². The molecule has 1 heterocycles. The largest absolute Gasteiger partial charge is 0.354 e. The van der Waals surface area contributed by atoms with Gasteiger partial charge in [0.05, 0.1) is 12.0 Å². The monoisotopic (exact) mass is 238 g/mol. The van der Waals surface area contributed by atoms with E-state index in [2.05, 4.69) is 24.1 Å². The topological polar surface area (TPSA) is 72.9 Å². The lowest BCUT2D eigenvalue weighted by molar-refractivity contribution is -0.124. The van der Waals surface area contributed by atoms with Crippen LogP contribution >= 0.6 is 0 Å². The molecular weight excluding hydrogens is 216 g/mol. The van der Waals surface area contributed by atoms with Gasteiger partial charge >= 0.3 is 0 Å². The lowest BCUT2D eigenvalue weighted by Gasteiger charge is -2.18. The number of carbonyl (C=O) groups is 1. The van der Waals surface area contributed by atoms with Crippen molar-refractivity contribution in [3.63, 3.8) is 0 Å². The third-order valence-corrected chi connectivity index (χ3v) is 2.64. The fraction of sp³-hybridized carbons (Fsp3) is 0.667. The second kappa shape index (κ2) is 5.82. The Kier molecular flexibility index (Phi) is 4.69. The van der Waals surface area contributed by atoms with Gasteiger partial charge in [-0.25, -0.2) is 4.98 Å². The summed E-state index contributed by atoms with van der Waals surface area (Å²) < 4.78 is 1.82. The number of rotatable bonds is 5. The first-order valence-electron chi connectivity index (χ1n) is 5.98. The number of nitrogens with one attached hydrogen (secondary N) is 1. The highest BCUT2D eigenvalue weighted by Gasteiger charge is 2.18. The molecular formula is C12H22N4O. The molecule has 5 heteroatoms. The lowest BCUT2D eigenvalue weighted by atomic mass is 10.2. The standard InChI is InChI=1S/C12H22N4O/c1-8(2)5-15-12(17)10(4)16-7-14-6-11(16)9(3)13/h6-10H,5,13H2,1-4H3,(H,15,17)/t9-,10?/m1/s1. The summed E-state index contributed by atoms with van der Waals surface area (Å²) in [7, 11) is 0. The summed E-state index contributed by atoms with van der Waals surface area (Å²) >= 11 is 0. The van der Waals surface area contributed by atoms with Crippen LogP contribution in [0.1, 0.15) is 45.5 Å². The van der Waals surface area contributed by atoms with Gasteiger partial charge in [0.15, 0.2) is 0 Å². The zero-order chi connectivity index (χ0) is 13.0. The predicted octanol–water partition coefficient (Wildman–Crippen LogP) is 1.24. The Labute approximate surface area is 102 Å². The van der Waals surface area contributed by atoms with Crippen molar-refractivity contribution in [1.29, 1.82) is 0 Å². The highest BCUT2D eigenvalue weighted by atomic mass is 16.2. The molecule has 0 spiro atoms. The quantitative estimate of drug-likeness (QED) is 0.810. The van der Waals surface area contributed by atoms with Gasteiger partial charge in [0.2, 0.25) is 5.91 Å². The van der Waals surface area contributed by atoms with Crippen LogP contribution in [0.4, 0.5) is 0 Å². The van der Waals surface area contributed by atoms with Crippen molar-refractivity contribution >= 4 is 5.91 Å². The van der Waals surface area contributed by atoms with Crippen LogP contribution in [-0.2, 0) is 4.79 Å². The summed E-state index contributed by atoms with van der Waals surface area (Å²) in [6.45, 7) is 8.55. The molecule has 0 aliphatic carbocycles. The predicted molar refractivity (Wildman–Crippen MR) is 67.4 cm³/mol. The molecule has 96 valence electrons. The number of imidazole rings is 1. The molecule has 0 radical (unpaired) electrons. The summed E-state index contributed by atoms with van der Waals surface area (Å²) in [5, 5.41) is 2.91. The van der Waals surface area contributed by atoms with E-state index in [1.807, 2.05) is 18.4 Å². The zero-order valence-electron chi connectivity index (χ0n) is 11.0. The minimum Gasteiger partial charge on any atom is -0.354 e. The van der Waals surface area contributed by atoms with Crippen LogP contribution in [0.3, 0.4) is 0 Å². The Bertz CT molecular complexity index is 370. The summed E-state index contributed by atoms with van der Waals surface area (Å²) in [5.41, 5.74) is 6.70. The molecule has 1 amide bonds. The average molecular weight is 238 g/mol. The van der Waals surface area contributed by atoms with Crippen LogP contribution in [0.2, 0.25) is 0 Å². The third-order valence-electron chi connectivity index (χ3n) is 2.64. The van der Waals surface area contributed by atoms with E-state index in [9.17, 15) is 4.79 Å². The first-order valence-corrected chi connectivity index (χ1v) is 5.98. The highest BCUT2D eigenvalue weighted by molar-refractivity contribution is 5.79. The Balaban J connectivity index is 2.71. The molecule has 0 bridgehead atoms. The molecule has 5 nitrogen and oxygen atoms in total. The van der Waals surface area contributed by atoms with Crippen LogP contribution in [0.25, 0.3) is 0 Å². The fourth-order valence-corrected chi connectivity index (χ4v) is 1.57. The van der Waals surface area contributed by atoms with Crippen molar-refractivity contribution in [1.82, 2.24) is 14.9 Å². The lowest BCUT2D eigenvalue weighted by Crippen LogP contribution is -2.34. The molecule has 1 aromatic heterocycles. The van der Waals surface area contributed by atoms with E-state index in [4.69, 9.17) is 5.73 Å². The normalized spacial score (nSPS) is 14.7. The molecule has 1 rings (SSSR count). The van der Waals surface area contributed by atoms with Gasteiger partial charge < -0.3 is 15.6 Å². The Hall–Kier alpha value is -1.36. The SMILES string of the molecule is CC(C)CNC(=O)C(C)n1cncc1[C@@H](C)N. The minimum absolute atomic E-state index is 0.00130. The first kappa shape index (κ1) is 13.7. The molecule has 3 N–H and O–H groups in total. The Morgan fingerprint density at radius 1 is 1.47 bits per heavy atom. The Morgan fingerprint density at radius 2 is 2.12 bits per heavy atom. The van der Waals surface area contributed by atoms with E-state index in [0.29, 0.717) is 12.5 Å². The number of carbonyl (C=O) groups excluding carboxylic acids is 1. The number of hydrogen-bond acceptors (Lipinski definition) is 3. The van der Waals surface area contributed by atoms with Crippen LogP contribution in [0, 0.1) is 5.92 Å². The van der Waals surface area contributed by atoms with Crippen LogP contribution in [0.5, 0.6) is 0 Å². The number of hydrogen-bond donors (Lipinski definition) is 2. The maximum absolute atomic E-state index is 11.9. The fourth-order valence-electron chi connectivity index (χ4n) is 1.57. The smallest absolute Gasteiger partial charge is 0.242 e. The number of aromatic nitrogens is 2. The van der Waals surface area contributed by atoms with Crippen LogP contribution in [0.15, 0.2) is 12.5 Å². The van der Waals surface area contributed by atoms with E-state index in [0.717, 1.165) is 5.69 Å². The average Bonchev–Trinajstić information content (AvgIpc) is 2.73. The molecule has 0 saturated carbocycles. The van der Waals surface area contributed by atoms with E-state index >= 15 is 0 Å². The van der Waals surface area contributed by atoms with Crippen molar-refractivity contribution in [2.75, 3.05) is 6.54 Å². The molecule has 0 aliphatic rings. The number of nitrogens with zero attached hydrogens (tertiary/aromatic N) is 2. The first-order chi connectivity index (χ1) is 7.93. The van der Waals surface area contributed by atoms with Gasteiger partial charge in [-0.05, 0) is 19.8 Å². The van der Waals surface area contributed by atoms with Gasteiger partial charge in [-0.3, -0.25) is 4.79 Å². The van der Waals surface area contributed by atoms with Crippen LogP contribution < -0.4 is 11.1 Å². The summed E-state index contributed by atoms with van der Waals surface area (Å²) in [4.78, 5) is 16.0. The molecule has 2 atom stereocenters. The second-order valence-corrected chi connectivity index (χ2v) is 4.83. The van der Waals surface area contributed by atoms with Crippen molar-refractivity contribution in [2.24, 2.45) is 11.7 Å². The van der Waals surface area contributed by atoms with Crippen molar-refractivity contribution in [3.8, 4) is 0 Å². The van der Waals surface area contributed by atoms with Gasteiger partial charge in [0, 0.05) is 18.8 Å². The van der Waals surface area contributed by atoms with Gasteiger partial charge in [-0.2, -0.15) is 0 Å². The molecule has 17 heavy (non-hydrogen) atoms. The summed E-state index contributed by atoms with van der Waals surface area (Å²) in [5.74, 6) is 0.445. The highest BCUT2D eigenvalue weighted by Crippen LogP contribution is 2.15. The van der Waals surface area contributed by atoms with E-state index < -0.39 is 0 Å². The number of amides is 1. The zero-order valence-corrected chi connectivity index (χ0v) is 11.0. The molecule has 0 saturated heterocycles. The third kappa shape index (κ3) is 3.56. The minimum atomic E-state index is -0.280. The second-order valence-electron chi connectivity index (χ2n) is 4.83. The van der Waals surface area contributed by atoms with E-state index in [-0.39, 0.29) is 18.0 Å². The maximum Gasteiger partial charge on any atom is 0.242 e. The molecule has 0 aromatic carbocycles. The maximum atomic E-state index is 11.9.